The zero-order valence-corrected chi connectivity index (χ0v) is 11.9. The molecule has 2 bridgehead atoms. The number of hydrogen-bond acceptors (Lipinski definition) is 3. The van der Waals surface area contributed by atoms with Gasteiger partial charge in [-0.1, -0.05) is 11.6 Å². The number of hydrogen-bond donors (Lipinski definition) is 1. The highest BCUT2D eigenvalue weighted by Crippen LogP contribution is 2.43. The first kappa shape index (κ1) is 12.9. The van der Waals surface area contributed by atoms with E-state index in [0.717, 1.165) is 37.1 Å². The van der Waals surface area contributed by atoms with Crippen LogP contribution < -0.4 is 0 Å². The number of rotatable bonds is 3. The van der Waals surface area contributed by atoms with Crippen LogP contribution in [-0.2, 0) is 18.4 Å². The number of carboxylic acids is 1. The molecular weight excluding hydrogens is 266 g/mol. The topological polar surface area (TPSA) is 58.4 Å². The molecule has 3 heterocycles. The molecule has 0 spiro atoms. The van der Waals surface area contributed by atoms with E-state index in [9.17, 15) is 9.90 Å². The van der Waals surface area contributed by atoms with Crippen LogP contribution in [0.3, 0.4) is 0 Å². The lowest BCUT2D eigenvalue weighted by atomic mass is 9.89. The van der Waals surface area contributed by atoms with E-state index in [0.29, 0.717) is 11.2 Å². The second-order valence-corrected chi connectivity index (χ2v) is 5.99. The molecule has 1 N–H and O–H groups in total. The molecule has 0 aliphatic carbocycles. The first-order chi connectivity index (χ1) is 8.99. The lowest BCUT2D eigenvalue weighted by Gasteiger charge is -2.22. The van der Waals surface area contributed by atoms with Crippen LogP contribution in [0.2, 0.25) is 5.15 Å². The Kier molecular flexibility index (Phi) is 3.06. The Balaban J connectivity index is 1.83. The largest absolute Gasteiger partial charge is 0.481 e. The summed E-state index contributed by atoms with van der Waals surface area (Å²) in [5.41, 5.74) is 1.97. The van der Waals surface area contributed by atoms with Crippen LogP contribution in [0.15, 0.2) is 0 Å². The van der Waals surface area contributed by atoms with Crippen molar-refractivity contribution in [2.75, 3.05) is 0 Å². The molecule has 104 valence electrons. The molecule has 3 rings (SSSR count). The van der Waals surface area contributed by atoms with Crippen molar-refractivity contribution in [2.24, 2.45) is 13.0 Å². The van der Waals surface area contributed by atoms with Crippen LogP contribution in [0, 0.1) is 12.8 Å². The van der Waals surface area contributed by atoms with E-state index in [1.807, 2.05) is 14.0 Å². The van der Waals surface area contributed by atoms with E-state index in [-0.39, 0.29) is 12.0 Å². The predicted molar refractivity (Wildman–Crippen MR) is 71.1 cm³/mol. The predicted octanol–water partition coefficient (Wildman–Crippen LogP) is 1.82. The van der Waals surface area contributed by atoms with Crippen molar-refractivity contribution >= 4 is 17.6 Å². The second kappa shape index (κ2) is 4.49. The summed E-state index contributed by atoms with van der Waals surface area (Å²) in [5.74, 6) is -0.874. The Hall–Kier alpha value is -1.07. The summed E-state index contributed by atoms with van der Waals surface area (Å²) in [4.78, 5) is 13.6. The van der Waals surface area contributed by atoms with Crippen LogP contribution in [0.4, 0.5) is 0 Å². The molecule has 3 atom stereocenters. The van der Waals surface area contributed by atoms with Crippen LogP contribution in [0.25, 0.3) is 0 Å². The molecule has 0 amide bonds. The molecule has 2 aliphatic heterocycles. The summed E-state index contributed by atoms with van der Waals surface area (Å²) < 4.78 is 1.68. The number of aromatic nitrogens is 2. The summed E-state index contributed by atoms with van der Waals surface area (Å²) in [7, 11) is 1.83. The van der Waals surface area contributed by atoms with Gasteiger partial charge in [-0.2, -0.15) is 5.10 Å². The molecule has 0 saturated carbocycles. The quantitative estimate of drug-likeness (QED) is 0.919. The van der Waals surface area contributed by atoms with Gasteiger partial charge in [0.05, 0.1) is 11.6 Å². The summed E-state index contributed by atoms with van der Waals surface area (Å²) in [6.07, 6.45) is 2.86. The SMILES string of the molecule is Cc1nn(C)c(Cl)c1CN1C2CCC1C(C(=O)O)C2. The molecule has 6 heteroatoms. The first-order valence-corrected chi connectivity index (χ1v) is 7.03. The number of nitrogens with zero attached hydrogens (tertiary/aromatic N) is 3. The average Bonchev–Trinajstić information content (AvgIpc) is 2.97. The Morgan fingerprint density at radius 3 is 2.79 bits per heavy atom. The Labute approximate surface area is 117 Å². The maximum absolute atomic E-state index is 11.3. The van der Waals surface area contributed by atoms with Crippen LogP contribution in [0.5, 0.6) is 0 Å². The van der Waals surface area contributed by atoms with Gasteiger partial charge in [0, 0.05) is 31.2 Å². The third kappa shape index (κ3) is 1.96. The molecule has 0 aromatic carbocycles. The van der Waals surface area contributed by atoms with E-state index < -0.39 is 5.97 Å². The minimum atomic E-state index is -0.661. The van der Waals surface area contributed by atoms with Gasteiger partial charge in [0.15, 0.2) is 0 Å². The highest BCUT2D eigenvalue weighted by molar-refractivity contribution is 6.30. The Morgan fingerprint density at radius 2 is 2.26 bits per heavy atom. The summed E-state index contributed by atoms with van der Waals surface area (Å²) in [6, 6.07) is 0.556. The Bertz CT molecular complexity index is 528. The molecular formula is C13H18ClN3O2. The van der Waals surface area contributed by atoms with Gasteiger partial charge in [-0.15, -0.1) is 0 Å². The number of halogens is 1. The fourth-order valence-corrected chi connectivity index (χ4v) is 3.88. The molecule has 0 radical (unpaired) electrons. The number of aryl methyl sites for hydroxylation is 2. The van der Waals surface area contributed by atoms with Gasteiger partial charge in [0.25, 0.3) is 0 Å². The molecule has 3 unspecified atom stereocenters. The van der Waals surface area contributed by atoms with Crippen molar-refractivity contribution in [1.29, 1.82) is 0 Å². The van der Waals surface area contributed by atoms with E-state index in [1.165, 1.54) is 0 Å². The van der Waals surface area contributed by atoms with Gasteiger partial charge in [0.1, 0.15) is 5.15 Å². The highest BCUT2D eigenvalue weighted by atomic mass is 35.5. The normalized spacial score (nSPS) is 30.2. The molecule has 2 aliphatic rings. The van der Waals surface area contributed by atoms with Gasteiger partial charge in [-0.3, -0.25) is 14.4 Å². The van der Waals surface area contributed by atoms with Gasteiger partial charge >= 0.3 is 5.97 Å². The molecule has 2 saturated heterocycles. The smallest absolute Gasteiger partial charge is 0.308 e. The van der Waals surface area contributed by atoms with E-state index in [2.05, 4.69) is 10.00 Å². The molecule has 5 nitrogen and oxygen atoms in total. The van der Waals surface area contributed by atoms with E-state index in [4.69, 9.17) is 11.6 Å². The zero-order chi connectivity index (χ0) is 13.7. The lowest BCUT2D eigenvalue weighted by Crippen LogP contribution is -2.32. The van der Waals surface area contributed by atoms with E-state index >= 15 is 0 Å². The van der Waals surface area contributed by atoms with Gasteiger partial charge in [0.2, 0.25) is 0 Å². The van der Waals surface area contributed by atoms with Crippen molar-refractivity contribution in [3.05, 3.63) is 16.4 Å². The molecule has 1 aromatic heterocycles. The molecule has 2 fully saturated rings. The fraction of sp³-hybridized carbons (Fsp3) is 0.692. The lowest BCUT2D eigenvalue weighted by molar-refractivity contribution is -0.142. The molecule has 1 aromatic rings. The molecule has 19 heavy (non-hydrogen) atoms. The van der Waals surface area contributed by atoms with Crippen LogP contribution in [0.1, 0.15) is 30.5 Å². The van der Waals surface area contributed by atoms with Gasteiger partial charge in [-0.05, 0) is 26.2 Å². The number of carboxylic acid groups (broad SMARTS) is 1. The number of fused-ring (bicyclic) bond motifs is 2. The number of carbonyl (C=O) groups is 1. The average molecular weight is 284 g/mol. The summed E-state index contributed by atoms with van der Waals surface area (Å²) in [5, 5.41) is 14.2. The van der Waals surface area contributed by atoms with Crippen molar-refractivity contribution in [3.63, 3.8) is 0 Å². The Morgan fingerprint density at radius 1 is 1.53 bits per heavy atom. The van der Waals surface area contributed by atoms with Gasteiger partial charge in [-0.25, -0.2) is 0 Å². The van der Waals surface area contributed by atoms with Gasteiger partial charge < -0.3 is 5.11 Å². The standard InChI is InChI=1S/C13H18ClN3O2/c1-7-10(12(14)16(2)15-7)6-17-8-3-4-11(17)9(5-8)13(18)19/h8-9,11H,3-6H2,1-2H3,(H,18,19). The maximum atomic E-state index is 11.3. The minimum absolute atomic E-state index is 0.165. The second-order valence-electron chi connectivity index (χ2n) is 5.63. The third-order valence-electron chi connectivity index (χ3n) is 4.61. The number of aliphatic carboxylic acids is 1. The van der Waals surface area contributed by atoms with Crippen molar-refractivity contribution in [3.8, 4) is 0 Å². The monoisotopic (exact) mass is 283 g/mol. The summed E-state index contributed by atoms with van der Waals surface area (Å²) in [6.45, 7) is 2.67. The van der Waals surface area contributed by atoms with Crippen LogP contribution in [-0.4, -0.2) is 37.8 Å². The van der Waals surface area contributed by atoms with Crippen molar-refractivity contribution < 1.29 is 9.90 Å². The fourth-order valence-electron chi connectivity index (χ4n) is 3.65. The van der Waals surface area contributed by atoms with Crippen molar-refractivity contribution in [1.82, 2.24) is 14.7 Å². The summed E-state index contributed by atoms with van der Waals surface area (Å²) >= 11 is 6.26. The van der Waals surface area contributed by atoms with Crippen molar-refractivity contribution in [2.45, 2.75) is 44.8 Å². The van der Waals surface area contributed by atoms with E-state index in [1.54, 1.807) is 4.68 Å². The maximum Gasteiger partial charge on any atom is 0.308 e. The first-order valence-electron chi connectivity index (χ1n) is 6.65. The highest BCUT2D eigenvalue weighted by Gasteiger charge is 2.49. The minimum Gasteiger partial charge on any atom is -0.481 e. The zero-order valence-electron chi connectivity index (χ0n) is 11.1. The third-order valence-corrected chi connectivity index (χ3v) is 5.08. The van der Waals surface area contributed by atoms with Crippen LogP contribution >= 0.6 is 11.6 Å².